The van der Waals surface area contributed by atoms with E-state index in [9.17, 15) is 0 Å². The van der Waals surface area contributed by atoms with Crippen LogP contribution in [0.4, 0.5) is 0 Å². The Balaban J connectivity index is 1.03. The smallest absolute Gasteiger partial charge is 0.164 e. The number of rotatable bonds is 11. The second-order valence-electron chi connectivity index (χ2n) is 21.8. The van der Waals surface area contributed by atoms with Crippen molar-refractivity contribution in [2.24, 2.45) is 0 Å². The summed E-state index contributed by atoms with van der Waals surface area (Å²) in [5.74, 6) is 1.75. The number of aromatic nitrogens is 6. The molecule has 0 aliphatic carbocycles. The molecule has 4 aromatic heterocycles. The molecule has 0 unspecified atom stereocenters. The normalized spacial score (nSPS) is 11.5. The van der Waals surface area contributed by atoms with Gasteiger partial charge in [0.1, 0.15) is 0 Å². The lowest BCUT2D eigenvalue weighted by atomic mass is 9.91. The van der Waals surface area contributed by atoms with E-state index in [1.54, 1.807) is 0 Å². The van der Waals surface area contributed by atoms with Crippen molar-refractivity contribution in [2.45, 2.75) is 0 Å². The molecule has 0 atom stereocenters. The lowest BCUT2D eigenvalue weighted by Gasteiger charge is -2.22. The Morgan fingerprint density at radius 3 is 0.953 bits per heavy atom. The lowest BCUT2D eigenvalue weighted by molar-refractivity contribution is 1.07. The summed E-state index contributed by atoms with van der Waals surface area (Å²) in [6.45, 7) is 0. The van der Waals surface area contributed by atoms with Crippen LogP contribution in [0.2, 0.25) is 0 Å². The fraction of sp³-hybridized carbons (Fsp3) is 0. The first-order valence-electron chi connectivity index (χ1n) is 29.1. The largest absolute Gasteiger partial charge is 0.309 e. The third-order valence-electron chi connectivity index (χ3n) is 16.7. The van der Waals surface area contributed by atoms with E-state index in [1.807, 2.05) is 54.9 Å². The van der Waals surface area contributed by atoms with Crippen molar-refractivity contribution in [1.82, 2.24) is 29.1 Å². The van der Waals surface area contributed by atoms with Crippen LogP contribution >= 0.6 is 0 Å². The summed E-state index contributed by atoms with van der Waals surface area (Å²) in [4.78, 5) is 20.6. The molecule has 0 spiro atoms. The summed E-state index contributed by atoms with van der Waals surface area (Å²) in [5, 5.41) is 4.61. The molecule has 0 amide bonds. The van der Waals surface area contributed by atoms with E-state index >= 15 is 0 Å². The maximum atomic E-state index is 5.36. The number of nitrogens with zero attached hydrogens (tertiary/aromatic N) is 6. The van der Waals surface area contributed by atoms with E-state index in [2.05, 4.69) is 270 Å². The zero-order chi connectivity index (χ0) is 56.9. The van der Waals surface area contributed by atoms with Crippen molar-refractivity contribution in [2.75, 3.05) is 0 Å². The number of hydrogen-bond acceptors (Lipinski definition) is 4. The van der Waals surface area contributed by atoms with Gasteiger partial charge in [-0.05, 0) is 129 Å². The topological polar surface area (TPSA) is 61.4 Å². The maximum Gasteiger partial charge on any atom is 0.164 e. The van der Waals surface area contributed by atoms with Gasteiger partial charge >= 0.3 is 0 Å². The standard InChI is InChI=1S/C80H52N6/c1-7-21-53(22-8-1)59-36-41-71-66(47-59)67-48-60(54-23-9-2-10-24-54)37-42-72(67)85(71)75-45-40-63(80-83-78(57-29-15-5-16-30-57)82-79(84-80)58-31-17-6-18-32-58)51-70(75)77-65(64-33-20-46-81-52-64)34-19-35-76(77)86-73-43-38-61(55-25-11-3-12-26-55)49-68(73)69-50-62(39-44-74(69)86)56-27-13-4-14-28-56/h1-52H. The monoisotopic (exact) mass is 1100 g/mol. The molecule has 16 aromatic rings. The number of fused-ring (bicyclic) bond motifs is 6. The van der Waals surface area contributed by atoms with E-state index in [4.69, 9.17) is 19.9 Å². The first-order valence-corrected chi connectivity index (χ1v) is 29.1. The average molecular weight is 1100 g/mol. The Labute approximate surface area is 498 Å². The molecule has 86 heavy (non-hydrogen) atoms. The highest BCUT2D eigenvalue weighted by Gasteiger charge is 2.26. The zero-order valence-electron chi connectivity index (χ0n) is 46.7. The minimum absolute atomic E-state index is 0.562. The first-order chi connectivity index (χ1) is 42.6. The van der Waals surface area contributed by atoms with Crippen molar-refractivity contribution < 1.29 is 0 Å². The van der Waals surface area contributed by atoms with Crippen molar-refractivity contribution in [3.63, 3.8) is 0 Å². The highest BCUT2D eigenvalue weighted by atomic mass is 15.0. The minimum Gasteiger partial charge on any atom is -0.309 e. The van der Waals surface area contributed by atoms with E-state index in [-0.39, 0.29) is 0 Å². The van der Waals surface area contributed by atoms with Crippen LogP contribution in [0, 0.1) is 0 Å². The van der Waals surface area contributed by atoms with Crippen LogP contribution in [-0.2, 0) is 0 Å². The quantitative estimate of drug-likeness (QED) is 0.129. The summed E-state index contributed by atoms with van der Waals surface area (Å²) in [6.07, 6.45) is 3.83. The zero-order valence-corrected chi connectivity index (χ0v) is 46.7. The summed E-state index contributed by atoms with van der Waals surface area (Å²) >= 11 is 0. The Kier molecular flexibility index (Phi) is 12.4. The molecule has 0 aliphatic heterocycles. The fourth-order valence-corrected chi connectivity index (χ4v) is 12.6. The van der Waals surface area contributed by atoms with Gasteiger partial charge in [0.15, 0.2) is 17.5 Å². The average Bonchev–Trinajstić information content (AvgIpc) is 1.75. The van der Waals surface area contributed by atoms with Crippen molar-refractivity contribution in [3.05, 3.63) is 316 Å². The molecule has 0 N–H and O–H groups in total. The van der Waals surface area contributed by atoms with Crippen LogP contribution in [0.1, 0.15) is 0 Å². The van der Waals surface area contributed by atoms with Crippen LogP contribution in [0.5, 0.6) is 0 Å². The highest BCUT2D eigenvalue weighted by molar-refractivity contribution is 6.14. The number of hydrogen-bond donors (Lipinski definition) is 0. The maximum absolute atomic E-state index is 5.36. The van der Waals surface area contributed by atoms with Crippen LogP contribution < -0.4 is 0 Å². The van der Waals surface area contributed by atoms with Crippen LogP contribution in [0.25, 0.3) is 156 Å². The fourth-order valence-electron chi connectivity index (χ4n) is 12.6. The summed E-state index contributed by atoms with van der Waals surface area (Å²) in [7, 11) is 0. The molecular weight excluding hydrogens is 1040 g/mol. The van der Waals surface area contributed by atoms with Gasteiger partial charge in [-0.25, -0.2) is 15.0 Å². The van der Waals surface area contributed by atoms with E-state index in [0.717, 1.165) is 138 Å². The molecule has 0 fully saturated rings. The third-order valence-corrected chi connectivity index (χ3v) is 16.7. The van der Waals surface area contributed by atoms with E-state index < -0.39 is 0 Å². The Hall–Kier alpha value is -11.6. The first kappa shape index (κ1) is 50.2. The second-order valence-corrected chi connectivity index (χ2v) is 21.8. The molecule has 0 saturated heterocycles. The second kappa shape index (κ2) is 21.3. The van der Waals surface area contributed by atoms with Gasteiger partial charge in [-0.3, -0.25) is 4.98 Å². The van der Waals surface area contributed by atoms with Gasteiger partial charge < -0.3 is 9.13 Å². The summed E-state index contributed by atoms with van der Waals surface area (Å²) in [6, 6.07) is 109. The predicted molar refractivity (Wildman–Crippen MR) is 355 cm³/mol. The van der Waals surface area contributed by atoms with Crippen molar-refractivity contribution >= 4 is 43.6 Å². The molecule has 6 nitrogen and oxygen atoms in total. The van der Waals surface area contributed by atoms with Crippen LogP contribution in [0.3, 0.4) is 0 Å². The molecule has 402 valence electrons. The Morgan fingerprint density at radius 1 is 0.221 bits per heavy atom. The van der Waals surface area contributed by atoms with Crippen molar-refractivity contribution in [1.29, 1.82) is 0 Å². The molecule has 0 bridgehead atoms. The Morgan fingerprint density at radius 2 is 0.570 bits per heavy atom. The van der Waals surface area contributed by atoms with Gasteiger partial charge in [0.25, 0.3) is 0 Å². The molecular formula is C80H52N6. The van der Waals surface area contributed by atoms with E-state index in [0.29, 0.717) is 17.5 Å². The molecule has 16 rings (SSSR count). The van der Waals surface area contributed by atoms with Crippen LogP contribution in [-0.4, -0.2) is 29.1 Å². The number of benzene rings is 12. The van der Waals surface area contributed by atoms with Gasteiger partial charge in [0.05, 0.1) is 33.4 Å². The Bertz CT molecular complexity index is 4930. The molecule has 12 aromatic carbocycles. The predicted octanol–water partition coefficient (Wildman–Crippen LogP) is 20.5. The SMILES string of the molecule is c1ccc(-c2ccc3c(c2)c2cc(-c4ccccc4)ccc2n3-c2ccc(-c3nc(-c4ccccc4)nc(-c4ccccc4)n3)cc2-c2c(-c3cccnc3)cccc2-n2c3ccc(-c4ccccc4)cc3c3cc(-c4ccccc4)ccc32)cc1. The van der Waals surface area contributed by atoms with Crippen LogP contribution in [0.15, 0.2) is 316 Å². The third kappa shape index (κ3) is 8.92. The molecule has 6 heteroatoms. The molecule has 0 aliphatic rings. The highest BCUT2D eigenvalue weighted by Crippen LogP contribution is 2.47. The van der Waals surface area contributed by atoms with Crippen molar-refractivity contribution in [3.8, 4) is 112 Å². The summed E-state index contributed by atoms with van der Waals surface area (Å²) < 4.78 is 4.95. The molecule has 0 radical (unpaired) electrons. The molecule has 4 heterocycles. The minimum atomic E-state index is 0.562. The van der Waals surface area contributed by atoms with Gasteiger partial charge in [-0.2, -0.15) is 0 Å². The van der Waals surface area contributed by atoms with Gasteiger partial charge in [0.2, 0.25) is 0 Å². The van der Waals surface area contributed by atoms with Gasteiger partial charge in [-0.15, -0.1) is 0 Å². The van der Waals surface area contributed by atoms with Gasteiger partial charge in [-0.1, -0.05) is 224 Å². The van der Waals surface area contributed by atoms with E-state index in [1.165, 1.54) is 0 Å². The van der Waals surface area contributed by atoms with Gasteiger partial charge in [0, 0.05) is 67.3 Å². The summed E-state index contributed by atoms with van der Waals surface area (Å²) in [5.41, 5.74) is 22.3. The number of pyridine rings is 1. The molecule has 0 saturated carbocycles. The lowest BCUT2D eigenvalue weighted by Crippen LogP contribution is -2.05.